The van der Waals surface area contributed by atoms with Crippen molar-refractivity contribution in [1.82, 2.24) is 9.88 Å². The number of benzene rings is 2. The molecule has 0 radical (unpaired) electrons. The summed E-state index contributed by atoms with van der Waals surface area (Å²) < 4.78 is 10.5. The van der Waals surface area contributed by atoms with Crippen molar-refractivity contribution in [1.29, 1.82) is 0 Å². The maximum atomic E-state index is 12.6. The molecule has 0 spiro atoms. The standard InChI is InChI=1S/C21H22N2O3/c1-25-15-8-9-18-17(12-15)16-10-11-23(13-14-6-4-3-5-7-14)20(19(16)22-18)21(24)26-2/h3-9,12,20,22H,10-11,13H2,1-2H3. The van der Waals surface area contributed by atoms with Crippen molar-refractivity contribution < 1.29 is 14.3 Å². The molecule has 1 unspecified atom stereocenters. The summed E-state index contributed by atoms with van der Waals surface area (Å²) in [5, 5.41) is 1.12. The molecule has 26 heavy (non-hydrogen) atoms. The number of H-pyrrole nitrogens is 1. The Morgan fingerprint density at radius 3 is 2.73 bits per heavy atom. The third-order valence-corrected chi connectivity index (χ3v) is 5.09. The highest BCUT2D eigenvalue weighted by atomic mass is 16.5. The fraction of sp³-hybridized carbons (Fsp3) is 0.286. The van der Waals surface area contributed by atoms with E-state index in [-0.39, 0.29) is 5.97 Å². The largest absolute Gasteiger partial charge is 0.497 e. The van der Waals surface area contributed by atoms with E-state index < -0.39 is 6.04 Å². The van der Waals surface area contributed by atoms with Crippen LogP contribution in [0.25, 0.3) is 10.9 Å². The number of carbonyl (C=O) groups excluding carboxylic acids is 1. The van der Waals surface area contributed by atoms with Crippen molar-refractivity contribution in [3.05, 3.63) is 65.4 Å². The molecule has 1 aliphatic heterocycles. The van der Waals surface area contributed by atoms with Crippen LogP contribution in [0.2, 0.25) is 0 Å². The number of rotatable bonds is 4. The first-order valence-electron chi connectivity index (χ1n) is 8.75. The van der Waals surface area contributed by atoms with Crippen molar-refractivity contribution in [3.63, 3.8) is 0 Å². The van der Waals surface area contributed by atoms with Gasteiger partial charge in [-0.05, 0) is 35.7 Å². The number of nitrogens with zero attached hydrogens (tertiary/aromatic N) is 1. The lowest BCUT2D eigenvalue weighted by Gasteiger charge is -2.33. The third-order valence-electron chi connectivity index (χ3n) is 5.09. The van der Waals surface area contributed by atoms with Gasteiger partial charge in [-0.1, -0.05) is 30.3 Å². The minimum atomic E-state index is -0.428. The molecule has 4 rings (SSSR count). The van der Waals surface area contributed by atoms with Gasteiger partial charge in [0, 0.05) is 29.7 Å². The van der Waals surface area contributed by atoms with Crippen LogP contribution in [0.3, 0.4) is 0 Å². The molecule has 5 nitrogen and oxygen atoms in total. The third kappa shape index (κ3) is 2.84. The molecular weight excluding hydrogens is 328 g/mol. The molecule has 134 valence electrons. The molecule has 0 fully saturated rings. The fourth-order valence-electron chi connectivity index (χ4n) is 3.81. The van der Waals surface area contributed by atoms with Crippen molar-refractivity contribution >= 4 is 16.9 Å². The molecule has 0 amide bonds. The van der Waals surface area contributed by atoms with Gasteiger partial charge in [0.1, 0.15) is 11.8 Å². The van der Waals surface area contributed by atoms with Gasteiger partial charge in [0.05, 0.1) is 14.2 Å². The predicted molar refractivity (Wildman–Crippen MR) is 100 cm³/mol. The summed E-state index contributed by atoms with van der Waals surface area (Å²) in [5.74, 6) is 0.584. The van der Waals surface area contributed by atoms with Crippen LogP contribution in [0.4, 0.5) is 0 Å². The summed E-state index contributed by atoms with van der Waals surface area (Å²) in [4.78, 5) is 18.2. The van der Waals surface area contributed by atoms with Crippen molar-refractivity contribution in [2.24, 2.45) is 0 Å². The zero-order valence-corrected chi connectivity index (χ0v) is 15.0. The summed E-state index contributed by atoms with van der Waals surface area (Å²) in [5.41, 5.74) is 4.31. The minimum Gasteiger partial charge on any atom is -0.497 e. The van der Waals surface area contributed by atoms with Crippen molar-refractivity contribution in [2.45, 2.75) is 19.0 Å². The number of aromatic amines is 1. The predicted octanol–water partition coefficient (Wildman–Crippen LogP) is 3.45. The lowest BCUT2D eigenvalue weighted by atomic mass is 9.96. The van der Waals surface area contributed by atoms with Gasteiger partial charge in [0.25, 0.3) is 0 Å². The molecular formula is C21H22N2O3. The number of nitrogens with one attached hydrogen (secondary N) is 1. The van der Waals surface area contributed by atoms with E-state index in [0.717, 1.165) is 35.3 Å². The first-order chi connectivity index (χ1) is 12.7. The number of methoxy groups -OCH3 is 2. The zero-order chi connectivity index (χ0) is 18.1. The SMILES string of the molecule is COC(=O)C1c2[nH]c3ccc(OC)cc3c2CCN1Cc1ccccc1. The van der Waals surface area contributed by atoms with Gasteiger partial charge in [-0.25, -0.2) is 4.79 Å². The van der Waals surface area contributed by atoms with Crippen LogP contribution in [-0.2, 0) is 22.5 Å². The molecule has 1 atom stereocenters. The van der Waals surface area contributed by atoms with Gasteiger partial charge in [0.15, 0.2) is 0 Å². The lowest BCUT2D eigenvalue weighted by Crippen LogP contribution is -2.39. The molecule has 2 heterocycles. The Morgan fingerprint density at radius 2 is 2.00 bits per heavy atom. The smallest absolute Gasteiger partial charge is 0.329 e. The van der Waals surface area contributed by atoms with Crippen LogP contribution in [0.1, 0.15) is 22.9 Å². The lowest BCUT2D eigenvalue weighted by molar-refractivity contribution is -0.148. The fourth-order valence-corrected chi connectivity index (χ4v) is 3.81. The Hall–Kier alpha value is -2.79. The number of hydrogen-bond acceptors (Lipinski definition) is 4. The summed E-state index contributed by atoms with van der Waals surface area (Å²) >= 11 is 0. The number of hydrogen-bond donors (Lipinski definition) is 1. The van der Waals surface area contributed by atoms with Crippen LogP contribution in [-0.4, -0.2) is 36.6 Å². The van der Waals surface area contributed by atoms with E-state index in [0.29, 0.717) is 6.54 Å². The maximum Gasteiger partial charge on any atom is 0.329 e. The normalized spacial score (nSPS) is 17.1. The monoisotopic (exact) mass is 350 g/mol. The highest BCUT2D eigenvalue weighted by Crippen LogP contribution is 2.37. The number of carbonyl (C=O) groups is 1. The molecule has 1 N–H and O–H groups in total. The van der Waals surface area contributed by atoms with E-state index in [2.05, 4.69) is 22.0 Å². The topological polar surface area (TPSA) is 54.6 Å². The number of aromatic nitrogens is 1. The molecule has 3 aromatic rings. The van der Waals surface area contributed by atoms with Gasteiger partial charge >= 0.3 is 5.97 Å². The summed E-state index contributed by atoms with van der Waals surface area (Å²) in [6, 6.07) is 15.7. The first kappa shape index (κ1) is 16.7. The molecule has 0 saturated carbocycles. The van der Waals surface area contributed by atoms with Crippen LogP contribution in [0.15, 0.2) is 48.5 Å². The molecule has 1 aromatic heterocycles. The highest BCUT2D eigenvalue weighted by Gasteiger charge is 2.36. The second-order valence-corrected chi connectivity index (χ2v) is 6.56. The van der Waals surface area contributed by atoms with E-state index in [1.165, 1.54) is 18.2 Å². The quantitative estimate of drug-likeness (QED) is 0.732. The molecule has 5 heteroatoms. The molecule has 1 aliphatic rings. The number of ether oxygens (including phenoxy) is 2. The second-order valence-electron chi connectivity index (χ2n) is 6.56. The van der Waals surface area contributed by atoms with Gasteiger partial charge in [-0.2, -0.15) is 0 Å². The van der Waals surface area contributed by atoms with Gasteiger partial charge in [0.2, 0.25) is 0 Å². The first-order valence-corrected chi connectivity index (χ1v) is 8.75. The van der Waals surface area contributed by atoms with Crippen LogP contribution in [0, 0.1) is 0 Å². The van der Waals surface area contributed by atoms with Crippen LogP contribution < -0.4 is 4.74 Å². The molecule has 2 aromatic carbocycles. The van der Waals surface area contributed by atoms with Crippen molar-refractivity contribution in [2.75, 3.05) is 20.8 Å². The summed E-state index contributed by atoms with van der Waals surface area (Å²) in [7, 11) is 3.11. The number of fused-ring (bicyclic) bond motifs is 3. The molecule has 0 bridgehead atoms. The van der Waals surface area contributed by atoms with Gasteiger partial charge < -0.3 is 14.5 Å². The van der Waals surface area contributed by atoms with E-state index >= 15 is 0 Å². The zero-order valence-electron chi connectivity index (χ0n) is 15.0. The Kier molecular flexibility index (Phi) is 4.39. The Labute approximate surface area is 152 Å². The summed E-state index contributed by atoms with van der Waals surface area (Å²) in [6.07, 6.45) is 0.878. The van der Waals surface area contributed by atoms with E-state index in [4.69, 9.17) is 9.47 Å². The Bertz CT molecular complexity index is 933. The van der Waals surface area contributed by atoms with Crippen molar-refractivity contribution in [3.8, 4) is 5.75 Å². The van der Waals surface area contributed by atoms with E-state index in [1.54, 1.807) is 7.11 Å². The maximum absolute atomic E-state index is 12.6. The van der Waals surface area contributed by atoms with Crippen LogP contribution in [0.5, 0.6) is 5.75 Å². The average molecular weight is 350 g/mol. The highest BCUT2D eigenvalue weighted by molar-refractivity contribution is 5.89. The second kappa shape index (κ2) is 6.84. The number of esters is 1. The van der Waals surface area contributed by atoms with E-state index in [9.17, 15) is 4.79 Å². The van der Waals surface area contributed by atoms with Crippen LogP contribution >= 0.6 is 0 Å². The molecule has 0 aliphatic carbocycles. The van der Waals surface area contributed by atoms with Gasteiger partial charge in [-0.15, -0.1) is 0 Å². The van der Waals surface area contributed by atoms with E-state index in [1.807, 2.05) is 36.4 Å². The summed E-state index contributed by atoms with van der Waals surface area (Å²) in [6.45, 7) is 1.50. The molecule has 0 saturated heterocycles. The average Bonchev–Trinajstić information content (AvgIpc) is 3.05. The minimum absolute atomic E-state index is 0.236. The Morgan fingerprint density at radius 1 is 1.19 bits per heavy atom. The Balaban J connectivity index is 1.76. The van der Waals surface area contributed by atoms with Gasteiger partial charge in [-0.3, -0.25) is 4.90 Å².